The maximum Gasteiger partial charge on any atom is 0.407 e. The lowest BCUT2D eigenvalue weighted by molar-refractivity contribution is -0.147. The summed E-state index contributed by atoms with van der Waals surface area (Å²) in [5.74, 6) is -2.09. The highest BCUT2D eigenvalue weighted by Crippen LogP contribution is 2.44. The van der Waals surface area contributed by atoms with Gasteiger partial charge in [0.15, 0.2) is 6.04 Å². The van der Waals surface area contributed by atoms with Crippen LogP contribution in [0.25, 0.3) is 11.1 Å². The largest absolute Gasteiger partial charge is 0.480 e. The summed E-state index contributed by atoms with van der Waals surface area (Å²) >= 11 is 0. The number of hydrogen-bond donors (Lipinski definition) is 4. The van der Waals surface area contributed by atoms with E-state index in [1.807, 2.05) is 48.5 Å². The van der Waals surface area contributed by atoms with Crippen molar-refractivity contribution < 1.29 is 34.1 Å². The lowest BCUT2D eigenvalue weighted by Crippen LogP contribution is -2.58. The van der Waals surface area contributed by atoms with E-state index in [-0.39, 0.29) is 25.7 Å². The van der Waals surface area contributed by atoms with Crippen molar-refractivity contribution in [2.75, 3.05) is 19.8 Å². The van der Waals surface area contributed by atoms with Crippen LogP contribution >= 0.6 is 0 Å². The van der Waals surface area contributed by atoms with Crippen molar-refractivity contribution in [1.82, 2.24) is 10.6 Å². The second-order valence-corrected chi connectivity index (χ2v) is 8.99. The van der Waals surface area contributed by atoms with Gasteiger partial charge in [-0.3, -0.25) is 4.79 Å². The monoisotopic (exact) mass is 468 g/mol. The van der Waals surface area contributed by atoms with Crippen molar-refractivity contribution >= 4 is 18.0 Å². The minimum atomic E-state index is -1.47. The summed E-state index contributed by atoms with van der Waals surface area (Å²) in [4.78, 5) is 36.9. The molecule has 0 radical (unpaired) electrons. The first kappa shape index (κ1) is 23.7. The van der Waals surface area contributed by atoms with Crippen molar-refractivity contribution in [2.24, 2.45) is 5.41 Å². The van der Waals surface area contributed by atoms with E-state index in [1.54, 1.807) is 6.92 Å². The number of ether oxygens (including phenoxy) is 2. The summed E-state index contributed by atoms with van der Waals surface area (Å²) in [6.07, 6.45) is -1.98. The molecule has 1 aliphatic carbocycles. The summed E-state index contributed by atoms with van der Waals surface area (Å²) in [7, 11) is 0. The number of alkyl carbamates (subject to hydrolysis) is 1. The fourth-order valence-corrected chi connectivity index (χ4v) is 4.58. The topological polar surface area (TPSA) is 134 Å². The highest BCUT2D eigenvalue weighted by molar-refractivity contribution is 5.89. The highest BCUT2D eigenvalue weighted by atomic mass is 16.5. The van der Waals surface area contributed by atoms with Gasteiger partial charge in [0.2, 0.25) is 5.91 Å². The van der Waals surface area contributed by atoms with Crippen molar-refractivity contribution in [3.8, 4) is 11.1 Å². The molecule has 0 aromatic heterocycles. The third kappa shape index (κ3) is 4.36. The van der Waals surface area contributed by atoms with Crippen LogP contribution in [0.5, 0.6) is 0 Å². The first-order valence-corrected chi connectivity index (χ1v) is 11.1. The standard InChI is InChI=1S/C25H28N2O7/c1-14(28)21(22(29)30)27-23(31)25(2)13-33-12-20(25)26-24(32)34-11-19-17-9-5-3-7-15(17)16-8-4-6-10-18(16)19/h3-10,14,19-21,28H,11-13H2,1-2H3,(H,26,32)(H,27,31)(H,29,30)/t14-,20?,21+,25?/m1/s1. The minimum Gasteiger partial charge on any atom is -0.480 e. The molecule has 34 heavy (non-hydrogen) atoms. The molecule has 4 rings (SSSR count). The molecular formula is C25H28N2O7. The van der Waals surface area contributed by atoms with Gasteiger partial charge in [-0.1, -0.05) is 48.5 Å². The Morgan fingerprint density at radius 1 is 1.12 bits per heavy atom. The fourth-order valence-electron chi connectivity index (χ4n) is 4.58. The van der Waals surface area contributed by atoms with E-state index in [9.17, 15) is 24.6 Å². The summed E-state index contributed by atoms with van der Waals surface area (Å²) < 4.78 is 11.0. The molecule has 2 amide bonds. The number of fused-ring (bicyclic) bond motifs is 3. The summed E-state index contributed by atoms with van der Waals surface area (Å²) in [6, 6.07) is 13.8. The number of hydrogen-bond acceptors (Lipinski definition) is 6. The zero-order valence-corrected chi connectivity index (χ0v) is 19.0. The van der Waals surface area contributed by atoms with Crippen LogP contribution in [0.4, 0.5) is 4.79 Å². The van der Waals surface area contributed by atoms with Crippen LogP contribution in [0.1, 0.15) is 30.9 Å². The van der Waals surface area contributed by atoms with E-state index in [2.05, 4.69) is 10.6 Å². The first-order valence-electron chi connectivity index (χ1n) is 11.1. The molecule has 4 N–H and O–H groups in total. The smallest absolute Gasteiger partial charge is 0.407 e. The molecule has 1 saturated heterocycles. The van der Waals surface area contributed by atoms with Gasteiger partial charge in [0, 0.05) is 5.92 Å². The Hall–Kier alpha value is -3.43. The van der Waals surface area contributed by atoms with E-state index in [4.69, 9.17) is 9.47 Å². The maximum absolute atomic E-state index is 12.9. The fraction of sp³-hybridized carbons (Fsp3) is 0.400. The van der Waals surface area contributed by atoms with Gasteiger partial charge in [0.25, 0.3) is 0 Å². The van der Waals surface area contributed by atoms with E-state index in [0.29, 0.717) is 0 Å². The third-order valence-corrected chi connectivity index (χ3v) is 6.65. The molecular weight excluding hydrogens is 440 g/mol. The van der Waals surface area contributed by atoms with Gasteiger partial charge in [0.1, 0.15) is 6.61 Å². The summed E-state index contributed by atoms with van der Waals surface area (Å²) in [5, 5.41) is 24.0. The van der Waals surface area contributed by atoms with Crippen LogP contribution in [-0.2, 0) is 19.1 Å². The number of amides is 2. The van der Waals surface area contributed by atoms with Crippen LogP contribution in [-0.4, -0.2) is 66.2 Å². The molecule has 0 bridgehead atoms. The summed E-state index contributed by atoms with van der Waals surface area (Å²) in [5.41, 5.74) is 3.18. The number of rotatable bonds is 7. The number of nitrogens with one attached hydrogen (secondary N) is 2. The van der Waals surface area contributed by atoms with Crippen LogP contribution in [0.3, 0.4) is 0 Å². The Balaban J connectivity index is 1.41. The minimum absolute atomic E-state index is 0.0146. The Morgan fingerprint density at radius 2 is 1.71 bits per heavy atom. The number of aliphatic carboxylic acids is 1. The molecule has 1 aliphatic heterocycles. The second kappa shape index (κ2) is 9.44. The molecule has 2 unspecified atom stereocenters. The molecule has 4 atom stereocenters. The molecule has 2 aromatic rings. The Kier molecular flexibility index (Phi) is 6.58. The SMILES string of the molecule is C[C@@H](O)[C@H](NC(=O)C1(C)COCC1NC(=O)OCC1c2ccccc2-c2ccccc21)C(=O)O. The van der Waals surface area contributed by atoms with Gasteiger partial charge >= 0.3 is 12.1 Å². The first-order chi connectivity index (χ1) is 16.2. The van der Waals surface area contributed by atoms with E-state index >= 15 is 0 Å². The van der Waals surface area contributed by atoms with Crippen molar-refractivity contribution in [2.45, 2.75) is 38.0 Å². The maximum atomic E-state index is 12.9. The van der Waals surface area contributed by atoms with Gasteiger partial charge in [-0.2, -0.15) is 0 Å². The van der Waals surface area contributed by atoms with Crippen molar-refractivity contribution in [1.29, 1.82) is 0 Å². The zero-order chi connectivity index (χ0) is 24.5. The Labute approximate surface area is 197 Å². The number of carboxylic acids is 1. The number of carbonyl (C=O) groups is 3. The van der Waals surface area contributed by atoms with Crippen LogP contribution in [0.15, 0.2) is 48.5 Å². The summed E-state index contributed by atoms with van der Waals surface area (Å²) in [6.45, 7) is 3.03. The van der Waals surface area contributed by atoms with Gasteiger partial charge in [-0.15, -0.1) is 0 Å². The predicted octanol–water partition coefficient (Wildman–Crippen LogP) is 1.88. The third-order valence-electron chi connectivity index (χ3n) is 6.65. The Bertz CT molecular complexity index is 1060. The van der Waals surface area contributed by atoms with Gasteiger partial charge in [0.05, 0.1) is 30.8 Å². The van der Waals surface area contributed by atoms with E-state index in [0.717, 1.165) is 22.3 Å². The molecule has 2 aromatic carbocycles. The predicted molar refractivity (Wildman–Crippen MR) is 122 cm³/mol. The molecule has 1 fully saturated rings. The lowest BCUT2D eigenvalue weighted by atomic mass is 9.84. The average Bonchev–Trinajstić information content (AvgIpc) is 3.34. The molecule has 0 saturated carbocycles. The van der Waals surface area contributed by atoms with E-state index < -0.39 is 41.6 Å². The molecule has 1 heterocycles. The number of carboxylic acid groups (broad SMARTS) is 1. The number of benzene rings is 2. The van der Waals surface area contributed by atoms with Crippen LogP contribution in [0.2, 0.25) is 0 Å². The van der Waals surface area contributed by atoms with Crippen LogP contribution < -0.4 is 10.6 Å². The van der Waals surface area contributed by atoms with Crippen molar-refractivity contribution in [3.63, 3.8) is 0 Å². The normalized spacial score (nSPS) is 22.9. The van der Waals surface area contributed by atoms with E-state index in [1.165, 1.54) is 6.92 Å². The van der Waals surface area contributed by atoms with Gasteiger partial charge < -0.3 is 30.3 Å². The Morgan fingerprint density at radius 3 is 2.26 bits per heavy atom. The molecule has 2 aliphatic rings. The molecule has 0 spiro atoms. The van der Waals surface area contributed by atoms with Crippen molar-refractivity contribution in [3.05, 3.63) is 59.7 Å². The molecule has 180 valence electrons. The van der Waals surface area contributed by atoms with Crippen LogP contribution in [0, 0.1) is 5.41 Å². The highest BCUT2D eigenvalue weighted by Gasteiger charge is 2.48. The molecule has 9 nitrogen and oxygen atoms in total. The average molecular weight is 469 g/mol. The zero-order valence-electron chi connectivity index (χ0n) is 19.0. The second-order valence-electron chi connectivity index (χ2n) is 8.99. The van der Waals surface area contributed by atoms with Gasteiger partial charge in [-0.05, 0) is 36.1 Å². The number of aliphatic hydroxyl groups is 1. The number of aliphatic hydroxyl groups excluding tert-OH is 1. The molecule has 9 heteroatoms. The number of carbonyl (C=O) groups excluding carboxylic acids is 2. The lowest BCUT2D eigenvalue weighted by Gasteiger charge is -2.30. The quantitative estimate of drug-likeness (QED) is 0.487. The van der Waals surface area contributed by atoms with Gasteiger partial charge in [-0.25, -0.2) is 9.59 Å².